The van der Waals surface area contributed by atoms with E-state index in [0.717, 1.165) is 11.3 Å². The van der Waals surface area contributed by atoms with Crippen molar-refractivity contribution < 1.29 is 9.13 Å². The Hall–Kier alpha value is -2.10. The zero-order valence-corrected chi connectivity index (χ0v) is 9.48. The SMILES string of the molecule is COc1ncccc1CNc1cccc(F)c1. The summed E-state index contributed by atoms with van der Waals surface area (Å²) < 4.78 is 18.1. The van der Waals surface area contributed by atoms with Crippen LogP contribution in [0.5, 0.6) is 5.88 Å². The van der Waals surface area contributed by atoms with Gasteiger partial charge in [-0.05, 0) is 24.3 Å². The molecule has 0 amide bonds. The highest BCUT2D eigenvalue weighted by atomic mass is 19.1. The van der Waals surface area contributed by atoms with Crippen molar-refractivity contribution in [1.82, 2.24) is 4.98 Å². The monoisotopic (exact) mass is 232 g/mol. The number of ether oxygens (including phenoxy) is 1. The minimum Gasteiger partial charge on any atom is -0.481 e. The standard InChI is InChI=1S/C13H13FN2O/c1-17-13-10(4-3-7-15-13)9-16-12-6-2-5-11(14)8-12/h2-8,16H,9H2,1H3. The molecular formula is C13H13FN2O. The largest absolute Gasteiger partial charge is 0.481 e. The highest BCUT2D eigenvalue weighted by Crippen LogP contribution is 2.16. The predicted octanol–water partition coefficient (Wildman–Crippen LogP) is 2.84. The second kappa shape index (κ2) is 5.30. The number of nitrogens with one attached hydrogen (secondary N) is 1. The minimum atomic E-state index is -0.256. The molecule has 1 aromatic heterocycles. The Balaban J connectivity index is 2.07. The van der Waals surface area contributed by atoms with Crippen LogP contribution in [0.1, 0.15) is 5.56 Å². The lowest BCUT2D eigenvalue weighted by atomic mass is 10.2. The third kappa shape index (κ3) is 2.93. The number of halogens is 1. The molecule has 1 N–H and O–H groups in total. The van der Waals surface area contributed by atoms with Crippen molar-refractivity contribution in [3.8, 4) is 5.88 Å². The van der Waals surface area contributed by atoms with Gasteiger partial charge in [0, 0.05) is 24.0 Å². The summed E-state index contributed by atoms with van der Waals surface area (Å²) >= 11 is 0. The van der Waals surface area contributed by atoms with Crippen LogP contribution in [-0.2, 0) is 6.54 Å². The van der Waals surface area contributed by atoms with Crippen molar-refractivity contribution in [1.29, 1.82) is 0 Å². The van der Waals surface area contributed by atoms with E-state index < -0.39 is 0 Å². The molecule has 0 radical (unpaired) electrons. The van der Waals surface area contributed by atoms with E-state index in [0.29, 0.717) is 12.4 Å². The van der Waals surface area contributed by atoms with E-state index in [-0.39, 0.29) is 5.82 Å². The lowest BCUT2D eigenvalue weighted by molar-refractivity contribution is 0.393. The molecule has 1 aromatic carbocycles. The fraction of sp³-hybridized carbons (Fsp3) is 0.154. The summed E-state index contributed by atoms with van der Waals surface area (Å²) in [6.07, 6.45) is 1.67. The Labute approximate surface area is 99.3 Å². The van der Waals surface area contributed by atoms with Crippen molar-refractivity contribution in [2.45, 2.75) is 6.54 Å². The third-order valence-corrected chi connectivity index (χ3v) is 2.35. The summed E-state index contributed by atoms with van der Waals surface area (Å²) in [6.45, 7) is 0.542. The number of rotatable bonds is 4. The summed E-state index contributed by atoms with van der Waals surface area (Å²) in [5, 5.41) is 3.12. The first-order chi connectivity index (χ1) is 8.29. The predicted molar refractivity (Wildman–Crippen MR) is 64.5 cm³/mol. The van der Waals surface area contributed by atoms with Crippen LogP contribution in [0.25, 0.3) is 0 Å². The number of hydrogen-bond acceptors (Lipinski definition) is 3. The molecule has 2 aromatic rings. The highest BCUT2D eigenvalue weighted by molar-refractivity contribution is 5.44. The van der Waals surface area contributed by atoms with Crippen LogP contribution in [0.15, 0.2) is 42.6 Å². The van der Waals surface area contributed by atoms with Gasteiger partial charge in [-0.15, -0.1) is 0 Å². The average Bonchev–Trinajstić information content (AvgIpc) is 2.37. The molecule has 1 heterocycles. The Morgan fingerprint density at radius 3 is 2.94 bits per heavy atom. The summed E-state index contributed by atoms with van der Waals surface area (Å²) in [4.78, 5) is 4.09. The molecule has 0 aliphatic heterocycles. The molecule has 0 spiro atoms. The van der Waals surface area contributed by atoms with Gasteiger partial charge in [0.05, 0.1) is 7.11 Å². The molecule has 0 aliphatic rings. The van der Waals surface area contributed by atoms with E-state index in [1.165, 1.54) is 12.1 Å². The second-order valence-corrected chi connectivity index (χ2v) is 3.54. The molecule has 0 saturated heterocycles. The van der Waals surface area contributed by atoms with Gasteiger partial charge in [0.15, 0.2) is 0 Å². The van der Waals surface area contributed by atoms with Crippen molar-refractivity contribution in [2.75, 3.05) is 12.4 Å². The van der Waals surface area contributed by atoms with Gasteiger partial charge in [0.25, 0.3) is 0 Å². The Kier molecular flexibility index (Phi) is 3.55. The highest BCUT2D eigenvalue weighted by Gasteiger charge is 2.02. The molecule has 0 unspecified atom stereocenters. The second-order valence-electron chi connectivity index (χ2n) is 3.54. The molecule has 0 fully saturated rings. The first kappa shape index (κ1) is 11.4. The van der Waals surface area contributed by atoms with Crippen LogP contribution < -0.4 is 10.1 Å². The number of pyridine rings is 1. The molecule has 88 valence electrons. The maximum absolute atomic E-state index is 13.0. The van der Waals surface area contributed by atoms with E-state index >= 15 is 0 Å². The third-order valence-electron chi connectivity index (χ3n) is 2.35. The van der Waals surface area contributed by atoms with Crippen LogP contribution in [-0.4, -0.2) is 12.1 Å². The van der Waals surface area contributed by atoms with Crippen LogP contribution in [0, 0.1) is 5.82 Å². The van der Waals surface area contributed by atoms with Gasteiger partial charge >= 0.3 is 0 Å². The number of hydrogen-bond donors (Lipinski definition) is 1. The summed E-state index contributed by atoms with van der Waals surface area (Å²) in [7, 11) is 1.58. The Morgan fingerprint density at radius 1 is 1.29 bits per heavy atom. The molecule has 17 heavy (non-hydrogen) atoms. The number of benzene rings is 1. The van der Waals surface area contributed by atoms with Crippen molar-refractivity contribution in [2.24, 2.45) is 0 Å². The van der Waals surface area contributed by atoms with Gasteiger partial charge in [-0.25, -0.2) is 9.37 Å². The molecule has 3 nitrogen and oxygen atoms in total. The molecule has 0 saturated carbocycles. The molecule has 0 bridgehead atoms. The quantitative estimate of drug-likeness (QED) is 0.880. The van der Waals surface area contributed by atoms with E-state index in [9.17, 15) is 4.39 Å². The molecular weight excluding hydrogens is 219 g/mol. The number of nitrogens with zero attached hydrogens (tertiary/aromatic N) is 1. The summed E-state index contributed by atoms with van der Waals surface area (Å²) in [5.41, 5.74) is 1.66. The zero-order chi connectivity index (χ0) is 12.1. The van der Waals surface area contributed by atoms with E-state index in [1.54, 1.807) is 19.4 Å². The van der Waals surface area contributed by atoms with Gasteiger partial charge in [0.2, 0.25) is 5.88 Å². The number of aromatic nitrogens is 1. The number of methoxy groups -OCH3 is 1. The maximum atomic E-state index is 13.0. The van der Waals surface area contributed by atoms with Crippen molar-refractivity contribution in [3.63, 3.8) is 0 Å². The average molecular weight is 232 g/mol. The van der Waals surface area contributed by atoms with Gasteiger partial charge in [-0.2, -0.15) is 0 Å². The van der Waals surface area contributed by atoms with Crippen LogP contribution >= 0.6 is 0 Å². The molecule has 2 rings (SSSR count). The van der Waals surface area contributed by atoms with E-state index in [4.69, 9.17) is 4.74 Å². The fourth-order valence-electron chi connectivity index (χ4n) is 1.54. The van der Waals surface area contributed by atoms with Crippen molar-refractivity contribution in [3.05, 3.63) is 54.0 Å². The lowest BCUT2D eigenvalue weighted by Gasteiger charge is -2.09. The normalized spacial score (nSPS) is 10.0. The molecule has 0 atom stereocenters. The van der Waals surface area contributed by atoms with Gasteiger partial charge < -0.3 is 10.1 Å². The van der Waals surface area contributed by atoms with Gasteiger partial charge in [0.1, 0.15) is 5.82 Å². The smallest absolute Gasteiger partial charge is 0.218 e. The van der Waals surface area contributed by atoms with E-state index in [2.05, 4.69) is 10.3 Å². The Bertz CT molecular complexity index is 502. The van der Waals surface area contributed by atoms with Crippen LogP contribution in [0.3, 0.4) is 0 Å². The van der Waals surface area contributed by atoms with Crippen LogP contribution in [0.2, 0.25) is 0 Å². The maximum Gasteiger partial charge on any atom is 0.218 e. The molecule has 4 heteroatoms. The van der Waals surface area contributed by atoms with Gasteiger partial charge in [-0.1, -0.05) is 12.1 Å². The number of anilines is 1. The topological polar surface area (TPSA) is 34.1 Å². The summed E-state index contributed by atoms with van der Waals surface area (Å²) in [6, 6.07) is 10.1. The first-order valence-electron chi connectivity index (χ1n) is 5.27. The van der Waals surface area contributed by atoms with E-state index in [1.807, 2.05) is 18.2 Å². The minimum absolute atomic E-state index is 0.256. The first-order valence-corrected chi connectivity index (χ1v) is 5.27. The van der Waals surface area contributed by atoms with Crippen LogP contribution in [0.4, 0.5) is 10.1 Å². The lowest BCUT2D eigenvalue weighted by Crippen LogP contribution is -2.02. The zero-order valence-electron chi connectivity index (χ0n) is 9.48. The molecule has 0 aliphatic carbocycles. The fourth-order valence-corrected chi connectivity index (χ4v) is 1.54. The van der Waals surface area contributed by atoms with Crippen molar-refractivity contribution >= 4 is 5.69 Å². The summed E-state index contributed by atoms with van der Waals surface area (Å²) in [5.74, 6) is 0.324. The Morgan fingerprint density at radius 2 is 2.18 bits per heavy atom. The van der Waals surface area contributed by atoms with Gasteiger partial charge in [-0.3, -0.25) is 0 Å².